The van der Waals surface area contributed by atoms with Crippen LogP contribution in [0.5, 0.6) is 0 Å². The number of hydrogen-bond donors (Lipinski definition) is 0. The van der Waals surface area contributed by atoms with Gasteiger partial charge in [0, 0.05) is 0 Å². The van der Waals surface area contributed by atoms with Crippen molar-refractivity contribution in [3.63, 3.8) is 0 Å². The van der Waals surface area contributed by atoms with Gasteiger partial charge in [-0.05, 0) is 19.3 Å². The molecule has 0 radical (unpaired) electrons. The van der Waals surface area contributed by atoms with Crippen LogP contribution in [0.25, 0.3) is 0 Å². The van der Waals surface area contributed by atoms with E-state index >= 15 is 0 Å². The highest BCUT2D eigenvalue weighted by Gasteiger charge is 2.21. The van der Waals surface area contributed by atoms with Crippen LogP contribution < -0.4 is 0 Å². The summed E-state index contributed by atoms with van der Waals surface area (Å²) in [7, 11) is 0. The summed E-state index contributed by atoms with van der Waals surface area (Å²) in [5.74, 6) is 0. The van der Waals surface area contributed by atoms with Crippen LogP contribution in [0.3, 0.4) is 0 Å². The molecule has 0 N–H and O–H groups in total. The van der Waals surface area contributed by atoms with E-state index in [-0.39, 0.29) is 6.10 Å². The molecule has 0 aromatic heterocycles. The molecule has 0 amide bonds. The zero-order valence-electron chi connectivity index (χ0n) is 11.4. The van der Waals surface area contributed by atoms with Gasteiger partial charge in [0.2, 0.25) is 0 Å². The summed E-state index contributed by atoms with van der Waals surface area (Å²) in [4.78, 5) is 0. The summed E-state index contributed by atoms with van der Waals surface area (Å²) in [5.41, 5.74) is 1.33. The second-order valence-corrected chi connectivity index (χ2v) is 5.25. The van der Waals surface area contributed by atoms with Gasteiger partial charge in [0.05, 0.1) is 12.2 Å². The minimum absolute atomic E-state index is 0.210. The molecule has 0 unspecified atom stereocenters. The highest BCUT2D eigenvalue weighted by molar-refractivity contribution is 5.05. The van der Waals surface area contributed by atoms with Gasteiger partial charge in [-0.1, -0.05) is 63.7 Å². The topological polar surface area (TPSA) is 9.23 Å². The highest BCUT2D eigenvalue weighted by atomic mass is 16.5. The molecule has 0 bridgehead atoms. The van der Waals surface area contributed by atoms with Crippen molar-refractivity contribution in [3.8, 4) is 0 Å². The molecule has 1 nitrogen and oxygen atoms in total. The van der Waals surface area contributed by atoms with Crippen molar-refractivity contribution in [3.05, 3.63) is 24.8 Å². The van der Waals surface area contributed by atoms with E-state index in [0.29, 0.717) is 6.10 Å². The maximum absolute atomic E-state index is 5.95. The Balaban J connectivity index is 2.09. The first kappa shape index (κ1) is 14.5. The maximum atomic E-state index is 5.95. The fourth-order valence-corrected chi connectivity index (χ4v) is 2.49. The van der Waals surface area contributed by atoms with Crippen LogP contribution in [0.15, 0.2) is 24.8 Å². The Morgan fingerprint density at radius 1 is 1.18 bits per heavy atom. The first-order valence-electron chi connectivity index (χ1n) is 7.21. The molecule has 0 saturated carbocycles. The smallest absolute Gasteiger partial charge is 0.0794 e. The molecule has 1 heterocycles. The lowest BCUT2D eigenvalue weighted by Crippen LogP contribution is -2.27. The first-order valence-corrected chi connectivity index (χ1v) is 7.21. The molecule has 0 spiro atoms. The van der Waals surface area contributed by atoms with Gasteiger partial charge in [-0.15, -0.1) is 6.58 Å². The van der Waals surface area contributed by atoms with Crippen LogP contribution in [0.2, 0.25) is 0 Å². The monoisotopic (exact) mass is 236 g/mol. The molecule has 1 fully saturated rings. The standard InChI is InChI=1S/C16H28O/c1-4-6-7-8-9-10-11-16-13-14(3)12-15(5-2)17-16/h5,15-16H,2-4,6-13H2,1H3/t15-,16+/m0/s1. The van der Waals surface area contributed by atoms with Crippen molar-refractivity contribution in [2.24, 2.45) is 0 Å². The summed E-state index contributed by atoms with van der Waals surface area (Å²) in [6.45, 7) is 10.2. The lowest BCUT2D eigenvalue weighted by atomic mass is 9.95. The molecular formula is C16H28O. The largest absolute Gasteiger partial charge is 0.370 e. The third-order valence-electron chi connectivity index (χ3n) is 3.52. The Labute approximate surface area is 107 Å². The molecule has 1 heteroatoms. The van der Waals surface area contributed by atoms with Crippen molar-refractivity contribution in [2.75, 3.05) is 0 Å². The Morgan fingerprint density at radius 2 is 1.88 bits per heavy atom. The van der Waals surface area contributed by atoms with E-state index in [1.54, 1.807) is 0 Å². The van der Waals surface area contributed by atoms with Gasteiger partial charge in [-0.25, -0.2) is 0 Å². The Hall–Kier alpha value is -0.560. The number of rotatable bonds is 8. The highest BCUT2D eigenvalue weighted by Crippen LogP contribution is 2.26. The second kappa shape index (κ2) is 8.52. The van der Waals surface area contributed by atoms with Crippen molar-refractivity contribution >= 4 is 0 Å². The molecule has 1 saturated heterocycles. The Kier molecular flexibility index (Phi) is 7.27. The third-order valence-corrected chi connectivity index (χ3v) is 3.52. The zero-order valence-corrected chi connectivity index (χ0v) is 11.4. The number of ether oxygens (including phenoxy) is 1. The van der Waals surface area contributed by atoms with Gasteiger partial charge in [0.25, 0.3) is 0 Å². The number of hydrogen-bond acceptors (Lipinski definition) is 1. The Bertz CT molecular complexity index is 232. The van der Waals surface area contributed by atoms with Crippen molar-refractivity contribution in [1.29, 1.82) is 0 Å². The molecular weight excluding hydrogens is 208 g/mol. The van der Waals surface area contributed by atoms with E-state index in [1.165, 1.54) is 50.5 Å². The molecule has 1 aliphatic rings. The van der Waals surface area contributed by atoms with Crippen LogP contribution in [0.1, 0.15) is 64.7 Å². The van der Waals surface area contributed by atoms with E-state index in [2.05, 4.69) is 20.1 Å². The molecule has 0 aromatic rings. The minimum Gasteiger partial charge on any atom is -0.370 e. The maximum Gasteiger partial charge on any atom is 0.0794 e. The van der Waals surface area contributed by atoms with Crippen molar-refractivity contribution < 1.29 is 4.74 Å². The van der Waals surface area contributed by atoms with Gasteiger partial charge in [-0.3, -0.25) is 0 Å². The van der Waals surface area contributed by atoms with Crippen LogP contribution in [-0.2, 0) is 4.74 Å². The molecule has 98 valence electrons. The van der Waals surface area contributed by atoms with Crippen LogP contribution in [0, 0.1) is 0 Å². The first-order chi connectivity index (χ1) is 8.26. The molecule has 17 heavy (non-hydrogen) atoms. The lowest BCUT2D eigenvalue weighted by molar-refractivity contribution is -0.0110. The average Bonchev–Trinajstić information content (AvgIpc) is 2.33. The van der Waals surface area contributed by atoms with E-state index in [4.69, 9.17) is 4.74 Å². The molecule has 2 atom stereocenters. The van der Waals surface area contributed by atoms with Gasteiger partial charge in [0.15, 0.2) is 0 Å². The van der Waals surface area contributed by atoms with Gasteiger partial charge in [-0.2, -0.15) is 0 Å². The fourth-order valence-electron chi connectivity index (χ4n) is 2.49. The molecule has 0 aliphatic carbocycles. The Morgan fingerprint density at radius 3 is 2.59 bits per heavy atom. The third kappa shape index (κ3) is 6.07. The lowest BCUT2D eigenvalue weighted by Gasteiger charge is -2.29. The van der Waals surface area contributed by atoms with E-state index in [1.807, 2.05) is 6.08 Å². The average molecular weight is 236 g/mol. The van der Waals surface area contributed by atoms with E-state index < -0.39 is 0 Å². The summed E-state index contributed by atoms with van der Waals surface area (Å²) >= 11 is 0. The van der Waals surface area contributed by atoms with Gasteiger partial charge in [0.1, 0.15) is 0 Å². The van der Waals surface area contributed by atoms with Crippen LogP contribution in [-0.4, -0.2) is 12.2 Å². The van der Waals surface area contributed by atoms with Gasteiger partial charge < -0.3 is 4.74 Å². The second-order valence-electron chi connectivity index (χ2n) is 5.25. The van der Waals surface area contributed by atoms with Gasteiger partial charge >= 0.3 is 0 Å². The van der Waals surface area contributed by atoms with Crippen LogP contribution in [0.4, 0.5) is 0 Å². The summed E-state index contributed by atoms with van der Waals surface area (Å²) in [6, 6.07) is 0. The number of unbranched alkanes of at least 4 members (excludes halogenated alkanes) is 5. The SMILES string of the molecule is C=C[C@H]1CC(=C)C[C@@H](CCCCCCCC)O1. The minimum atomic E-state index is 0.210. The molecule has 1 aliphatic heterocycles. The normalized spacial score (nSPS) is 24.9. The quantitative estimate of drug-likeness (QED) is 0.424. The predicted molar refractivity (Wildman–Crippen MR) is 75.2 cm³/mol. The van der Waals surface area contributed by atoms with Crippen molar-refractivity contribution in [2.45, 2.75) is 76.9 Å². The molecule has 1 rings (SSSR count). The van der Waals surface area contributed by atoms with E-state index in [9.17, 15) is 0 Å². The van der Waals surface area contributed by atoms with E-state index in [0.717, 1.165) is 12.8 Å². The summed E-state index contributed by atoms with van der Waals surface area (Å²) in [5, 5.41) is 0. The van der Waals surface area contributed by atoms with Crippen LogP contribution >= 0.6 is 0 Å². The zero-order chi connectivity index (χ0) is 12.5. The summed E-state index contributed by atoms with van der Waals surface area (Å²) in [6.07, 6.45) is 13.9. The molecule has 0 aromatic carbocycles. The summed E-state index contributed by atoms with van der Waals surface area (Å²) < 4.78 is 5.95. The van der Waals surface area contributed by atoms with Crippen molar-refractivity contribution in [1.82, 2.24) is 0 Å². The fraction of sp³-hybridized carbons (Fsp3) is 0.750. The predicted octanol–water partition coefficient (Wildman–Crippen LogP) is 5.03.